The summed E-state index contributed by atoms with van der Waals surface area (Å²) in [5.41, 5.74) is 2.97. The summed E-state index contributed by atoms with van der Waals surface area (Å²) in [5, 5.41) is 3.93. The van der Waals surface area contributed by atoms with Crippen LogP contribution in [0, 0.1) is 12.3 Å². The van der Waals surface area contributed by atoms with Gasteiger partial charge in [0.05, 0.1) is 0 Å². The molecule has 1 aromatic rings. The second-order valence-corrected chi connectivity index (χ2v) is 5.91. The van der Waals surface area contributed by atoms with Gasteiger partial charge >= 0.3 is 0 Å². The zero-order valence-electron chi connectivity index (χ0n) is 10.3. The van der Waals surface area contributed by atoms with E-state index in [9.17, 15) is 0 Å². The van der Waals surface area contributed by atoms with E-state index >= 15 is 0 Å². The lowest BCUT2D eigenvalue weighted by molar-refractivity contribution is 0.115. The Morgan fingerprint density at radius 1 is 1.38 bits per heavy atom. The molecule has 0 aromatic heterocycles. The molecule has 1 N–H and O–H groups in total. The Kier molecular flexibility index (Phi) is 3.27. The van der Waals surface area contributed by atoms with Crippen LogP contribution in [0.2, 0.25) is 0 Å². The highest BCUT2D eigenvalue weighted by Crippen LogP contribution is 2.44. The van der Waals surface area contributed by atoms with E-state index in [0.29, 0.717) is 11.4 Å². The molecule has 2 unspecified atom stereocenters. The number of benzene rings is 1. The number of nitrogens with one attached hydrogen (secondary N) is 1. The number of aryl methyl sites for hydroxylation is 1. The molecule has 2 rings (SSSR count). The fourth-order valence-electron chi connectivity index (χ4n) is 2.26. The van der Waals surface area contributed by atoms with Gasteiger partial charge in [-0.1, -0.05) is 38.1 Å². The smallest absolute Gasteiger partial charge is 0.0416 e. The van der Waals surface area contributed by atoms with Gasteiger partial charge < -0.3 is 5.32 Å². The van der Waals surface area contributed by atoms with Crippen LogP contribution in [0.4, 0.5) is 0 Å². The van der Waals surface area contributed by atoms with E-state index in [2.05, 4.69) is 50.4 Å². The van der Waals surface area contributed by atoms with Crippen LogP contribution in [-0.4, -0.2) is 11.4 Å². The summed E-state index contributed by atoms with van der Waals surface area (Å²) < 4.78 is 0. The van der Waals surface area contributed by atoms with Gasteiger partial charge in [0.25, 0.3) is 0 Å². The van der Waals surface area contributed by atoms with Crippen molar-refractivity contribution in [2.75, 3.05) is 0 Å². The van der Waals surface area contributed by atoms with Crippen molar-refractivity contribution in [2.45, 2.75) is 45.2 Å². The molecule has 2 heteroatoms. The second kappa shape index (κ2) is 4.38. The van der Waals surface area contributed by atoms with Crippen LogP contribution in [-0.2, 0) is 6.54 Å². The van der Waals surface area contributed by atoms with Gasteiger partial charge in [-0.2, -0.15) is 0 Å². The SMILES string of the molecule is Cc1ccccc1CNC1CC(Cl)C1(C)C. The van der Waals surface area contributed by atoms with Crippen molar-refractivity contribution in [1.29, 1.82) is 0 Å². The van der Waals surface area contributed by atoms with Crippen molar-refractivity contribution in [3.63, 3.8) is 0 Å². The Morgan fingerprint density at radius 3 is 2.62 bits per heavy atom. The van der Waals surface area contributed by atoms with Crippen molar-refractivity contribution >= 4 is 11.6 Å². The van der Waals surface area contributed by atoms with E-state index in [-0.39, 0.29) is 5.41 Å². The van der Waals surface area contributed by atoms with Crippen molar-refractivity contribution in [3.05, 3.63) is 35.4 Å². The number of rotatable bonds is 3. The third-order valence-corrected chi connectivity index (χ3v) is 4.69. The molecule has 1 saturated carbocycles. The number of hydrogen-bond donors (Lipinski definition) is 1. The monoisotopic (exact) mass is 237 g/mol. The third-order valence-electron chi connectivity index (χ3n) is 3.95. The highest BCUT2D eigenvalue weighted by atomic mass is 35.5. The van der Waals surface area contributed by atoms with Gasteiger partial charge in [-0.25, -0.2) is 0 Å². The topological polar surface area (TPSA) is 12.0 Å². The zero-order valence-corrected chi connectivity index (χ0v) is 11.0. The molecule has 0 saturated heterocycles. The number of hydrogen-bond acceptors (Lipinski definition) is 1. The first kappa shape index (κ1) is 11.9. The Bertz CT molecular complexity index is 373. The Balaban J connectivity index is 1.92. The van der Waals surface area contributed by atoms with Gasteiger partial charge in [0, 0.05) is 18.0 Å². The molecule has 1 aliphatic carbocycles. The van der Waals surface area contributed by atoms with Gasteiger partial charge in [0.15, 0.2) is 0 Å². The van der Waals surface area contributed by atoms with Crippen molar-refractivity contribution in [2.24, 2.45) is 5.41 Å². The van der Waals surface area contributed by atoms with Crippen molar-refractivity contribution in [3.8, 4) is 0 Å². The van der Waals surface area contributed by atoms with Gasteiger partial charge in [-0.05, 0) is 29.9 Å². The van der Waals surface area contributed by atoms with Crippen molar-refractivity contribution < 1.29 is 0 Å². The standard InChI is InChI=1S/C14H20ClN/c1-10-6-4-5-7-11(10)9-16-13-8-12(15)14(13,2)3/h4-7,12-13,16H,8-9H2,1-3H3. The summed E-state index contributed by atoms with van der Waals surface area (Å²) in [6, 6.07) is 9.08. The first-order chi connectivity index (χ1) is 7.51. The molecular weight excluding hydrogens is 218 g/mol. The summed E-state index contributed by atoms with van der Waals surface area (Å²) >= 11 is 6.21. The molecular formula is C14H20ClN. The first-order valence-corrected chi connectivity index (χ1v) is 6.37. The van der Waals surface area contributed by atoms with Gasteiger partial charge in [-0.3, -0.25) is 0 Å². The number of alkyl halides is 1. The lowest BCUT2D eigenvalue weighted by atomic mass is 9.66. The van der Waals surface area contributed by atoms with Crippen LogP contribution in [0.3, 0.4) is 0 Å². The molecule has 0 amide bonds. The zero-order chi connectivity index (χ0) is 11.8. The Labute approximate surface area is 103 Å². The average Bonchev–Trinajstić information content (AvgIpc) is 2.26. The lowest BCUT2D eigenvalue weighted by Gasteiger charge is -2.49. The molecule has 88 valence electrons. The minimum absolute atomic E-state index is 0.226. The van der Waals surface area contributed by atoms with Crippen LogP contribution in [0.1, 0.15) is 31.4 Å². The van der Waals surface area contributed by atoms with Crippen LogP contribution >= 0.6 is 11.6 Å². The number of halogens is 1. The molecule has 0 aliphatic heterocycles. The predicted octanol–water partition coefficient (Wildman–Crippen LogP) is 3.49. The summed E-state index contributed by atoms with van der Waals surface area (Å²) in [6.07, 6.45) is 1.08. The van der Waals surface area contributed by atoms with Gasteiger partial charge in [-0.15, -0.1) is 11.6 Å². The molecule has 1 nitrogen and oxygen atoms in total. The molecule has 0 bridgehead atoms. The quantitative estimate of drug-likeness (QED) is 0.794. The Morgan fingerprint density at radius 2 is 2.06 bits per heavy atom. The van der Waals surface area contributed by atoms with Gasteiger partial charge in [0.2, 0.25) is 0 Å². The maximum Gasteiger partial charge on any atom is 0.0416 e. The van der Waals surface area contributed by atoms with E-state index < -0.39 is 0 Å². The predicted molar refractivity (Wildman–Crippen MR) is 69.8 cm³/mol. The summed E-state index contributed by atoms with van der Waals surface area (Å²) in [7, 11) is 0. The first-order valence-electron chi connectivity index (χ1n) is 5.94. The van der Waals surface area contributed by atoms with Crippen LogP contribution in [0.5, 0.6) is 0 Å². The molecule has 1 aromatic carbocycles. The summed E-state index contributed by atoms with van der Waals surface area (Å²) in [4.78, 5) is 0. The maximum absolute atomic E-state index is 6.21. The van der Waals surface area contributed by atoms with E-state index in [0.717, 1.165) is 13.0 Å². The third kappa shape index (κ3) is 2.11. The minimum atomic E-state index is 0.226. The maximum atomic E-state index is 6.21. The molecule has 0 spiro atoms. The van der Waals surface area contributed by atoms with E-state index in [1.807, 2.05) is 0 Å². The normalized spacial score (nSPS) is 27.5. The molecule has 16 heavy (non-hydrogen) atoms. The fraction of sp³-hybridized carbons (Fsp3) is 0.571. The van der Waals surface area contributed by atoms with E-state index in [1.165, 1.54) is 11.1 Å². The highest BCUT2D eigenvalue weighted by molar-refractivity contribution is 6.21. The highest BCUT2D eigenvalue weighted by Gasteiger charge is 2.46. The minimum Gasteiger partial charge on any atom is -0.309 e. The van der Waals surface area contributed by atoms with E-state index in [4.69, 9.17) is 11.6 Å². The van der Waals surface area contributed by atoms with Crippen LogP contribution in [0.15, 0.2) is 24.3 Å². The lowest BCUT2D eigenvalue weighted by Crippen LogP contribution is -2.57. The Hall–Kier alpha value is -0.530. The average molecular weight is 238 g/mol. The van der Waals surface area contributed by atoms with Crippen LogP contribution in [0.25, 0.3) is 0 Å². The van der Waals surface area contributed by atoms with Crippen LogP contribution < -0.4 is 5.32 Å². The molecule has 1 aliphatic rings. The molecule has 1 fully saturated rings. The van der Waals surface area contributed by atoms with Gasteiger partial charge in [0.1, 0.15) is 0 Å². The fourth-order valence-corrected chi connectivity index (χ4v) is 2.59. The molecule has 2 atom stereocenters. The van der Waals surface area contributed by atoms with Crippen molar-refractivity contribution in [1.82, 2.24) is 5.32 Å². The largest absolute Gasteiger partial charge is 0.309 e. The summed E-state index contributed by atoms with van der Waals surface area (Å²) in [6.45, 7) is 7.59. The summed E-state index contributed by atoms with van der Waals surface area (Å²) in [5.74, 6) is 0. The molecule has 0 radical (unpaired) electrons. The molecule has 0 heterocycles. The van der Waals surface area contributed by atoms with E-state index in [1.54, 1.807) is 0 Å². The second-order valence-electron chi connectivity index (χ2n) is 5.38.